The van der Waals surface area contributed by atoms with Gasteiger partial charge in [0.1, 0.15) is 0 Å². The molecule has 1 rings (SSSR count). The lowest BCUT2D eigenvalue weighted by Crippen LogP contribution is -2.36. The highest BCUT2D eigenvalue weighted by atomic mass is 35.5. The minimum atomic E-state index is -0.596. The Labute approximate surface area is 123 Å². The van der Waals surface area contributed by atoms with Crippen LogP contribution in [0.25, 0.3) is 0 Å². The van der Waals surface area contributed by atoms with Crippen LogP contribution in [0.5, 0.6) is 0 Å². The topological polar surface area (TPSA) is 84.2 Å². The summed E-state index contributed by atoms with van der Waals surface area (Å²) in [6.07, 6.45) is 1.40. The zero-order chi connectivity index (χ0) is 15.1. The lowest BCUT2D eigenvalue weighted by molar-refractivity contribution is -0.117. The summed E-state index contributed by atoms with van der Waals surface area (Å²) in [7, 11) is 0. The summed E-state index contributed by atoms with van der Waals surface area (Å²) in [5.74, 6) is -0.580. The van der Waals surface area contributed by atoms with Gasteiger partial charge in [-0.2, -0.15) is 0 Å². The normalized spacial score (nSPS) is 11.8. The number of amides is 2. The Morgan fingerprint density at radius 3 is 2.65 bits per heavy atom. The molecule has 1 aromatic rings. The third-order valence-electron chi connectivity index (χ3n) is 2.76. The number of hydrogen-bond acceptors (Lipinski definition) is 3. The summed E-state index contributed by atoms with van der Waals surface area (Å²) in [6.45, 7) is 4.28. The summed E-state index contributed by atoms with van der Waals surface area (Å²) >= 11 is 5.91. The van der Waals surface area contributed by atoms with E-state index in [4.69, 9.17) is 17.3 Å². The molecule has 20 heavy (non-hydrogen) atoms. The van der Waals surface area contributed by atoms with Crippen molar-refractivity contribution < 1.29 is 9.59 Å². The van der Waals surface area contributed by atoms with Crippen LogP contribution < -0.4 is 16.4 Å². The fourth-order valence-electron chi connectivity index (χ4n) is 1.74. The maximum Gasteiger partial charge on any atom is 0.253 e. The average Bonchev–Trinajstić information content (AvgIpc) is 2.39. The lowest BCUT2D eigenvalue weighted by Gasteiger charge is -2.14. The third-order valence-corrected chi connectivity index (χ3v) is 2.99. The Hall–Kier alpha value is -1.59. The predicted molar refractivity (Wildman–Crippen MR) is 81.0 cm³/mol. The SMILES string of the molecule is CCCC(N)C(=O)Nc1cc(Cl)ccc1C(=O)NCC. The summed E-state index contributed by atoms with van der Waals surface area (Å²) in [6, 6.07) is 4.13. The van der Waals surface area contributed by atoms with Crippen LogP contribution in [0.3, 0.4) is 0 Å². The molecule has 5 nitrogen and oxygen atoms in total. The second kappa shape index (κ2) is 7.87. The number of halogens is 1. The van der Waals surface area contributed by atoms with Gasteiger partial charge in [0.25, 0.3) is 5.91 Å². The maximum absolute atomic E-state index is 11.9. The van der Waals surface area contributed by atoms with E-state index in [2.05, 4.69) is 10.6 Å². The van der Waals surface area contributed by atoms with E-state index in [0.29, 0.717) is 29.2 Å². The average molecular weight is 298 g/mol. The van der Waals surface area contributed by atoms with Crippen molar-refractivity contribution in [2.75, 3.05) is 11.9 Å². The van der Waals surface area contributed by atoms with E-state index in [1.54, 1.807) is 18.2 Å². The molecule has 0 aliphatic rings. The molecule has 1 aromatic carbocycles. The van der Waals surface area contributed by atoms with Gasteiger partial charge in [0.2, 0.25) is 5.91 Å². The van der Waals surface area contributed by atoms with Crippen molar-refractivity contribution >= 4 is 29.1 Å². The van der Waals surface area contributed by atoms with Gasteiger partial charge in [0.15, 0.2) is 0 Å². The van der Waals surface area contributed by atoms with E-state index in [-0.39, 0.29) is 11.8 Å². The fraction of sp³-hybridized carbons (Fsp3) is 0.429. The fourth-order valence-corrected chi connectivity index (χ4v) is 1.91. The van der Waals surface area contributed by atoms with E-state index in [9.17, 15) is 9.59 Å². The minimum absolute atomic E-state index is 0.261. The van der Waals surface area contributed by atoms with Crippen molar-refractivity contribution in [3.8, 4) is 0 Å². The summed E-state index contributed by atoms with van der Waals surface area (Å²) in [4.78, 5) is 23.9. The van der Waals surface area contributed by atoms with Gasteiger partial charge in [0.05, 0.1) is 17.3 Å². The number of benzene rings is 1. The number of carbonyl (C=O) groups is 2. The third kappa shape index (κ3) is 4.51. The summed E-state index contributed by atoms with van der Waals surface area (Å²) in [5, 5.41) is 5.79. The van der Waals surface area contributed by atoms with Crippen LogP contribution in [0.15, 0.2) is 18.2 Å². The highest BCUT2D eigenvalue weighted by Gasteiger charge is 2.17. The number of nitrogens with one attached hydrogen (secondary N) is 2. The second-order valence-electron chi connectivity index (χ2n) is 4.43. The molecule has 1 unspecified atom stereocenters. The number of nitrogens with two attached hydrogens (primary N) is 1. The molecule has 0 bridgehead atoms. The Bertz CT molecular complexity index is 491. The van der Waals surface area contributed by atoms with Crippen LogP contribution in [0.1, 0.15) is 37.0 Å². The summed E-state index contributed by atoms with van der Waals surface area (Å²) in [5.41, 5.74) is 6.50. The molecule has 0 aromatic heterocycles. The van der Waals surface area contributed by atoms with Crippen molar-refractivity contribution in [1.82, 2.24) is 5.32 Å². The molecule has 0 heterocycles. The largest absolute Gasteiger partial charge is 0.352 e. The Kier molecular flexibility index (Phi) is 6.48. The molecule has 110 valence electrons. The van der Waals surface area contributed by atoms with Gasteiger partial charge < -0.3 is 16.4 Å². The van der Waals surface area contributed by atoms with Gasteiger partial charge in [-0.05, 0) is 31.5 Å². The smallest absolute Gasteiger partial charge is 0.253 e. The van der Waals surface area contributed by atoms with Crippen LogP contribution in [0.2, 0.25) is 5.02 Å². The number of rotatable bonds is 6. The quantitative estimate of drug-likeness (QED) is 0.752. The molecule has 0 aliphatic heterocycles. The molecule has 0 radical (unpaired) electrons. The van der Waals surface area contributed by atoms with E-state index in [1.165, 1.54) is 0 Å². The molecule has 0 fully saturated rings. The molecular weight excluding hydrogens is 278 g/mol. The van der Waals surface area contributed by atoms with Crippen LogP contribution in [0.4, 0.5) is 5.69 Å². The van der Waals surface area contributed by atoms with Crippen LogP contribution in [-0.4, -0.2) is 24.4 Å². The van der Waals surface area contributed by atoms with Crippen LogP contribution in [0, 0.1) is 0 Å². The van der Waals surface area contributed by atoms with Crippen molar-refractivity contribution in [1.29, 1.82) is 0 Å². The minimum Gasteiger partial charge on any atom is -0.352 e. The van der Waals surface area contributed by atoms with Crippen molar-refractivity contribution in [2.24, 2.45) is 5.73 Å². The van der Waals surface area contributed by atoms with Crippen LogP contribution in [-0.2, 0) is 4.79 Å². The number of anilines is 1. The van der Waals surface area contributed by atoms with Gasteiger partial charge in [0, 0.05) is 11.6 Å². The lowest BCUT2D eigenvalue weighted by atomic mass is 10.1. The highest BCUT2D eigenvalue weighted by molar-refractivity contribution is 6.31. The van der Waals surface area contributed by atoms with Gasteiger partial charge in [-0.3, -0.25) is 9.59 Å². The van der Waals surface area contributed by atoms with Crippen molar-refractivity contribution in [2.45, 2.75) is 32.7 Å². The molecular formula is C14H20ClN3O2. The van der Waals surface area contributed by atoms with Crippen molar-refractivity contribution in [3.63, 3.8) is 0 Å². The maximum atomic E-state index is 11.9. The van der Waals surface area contributed by atoms with E-state index >= 15 is 0 Å². The van der Waals surface area contributed by atoms with Crippen LogP contribution >= 0.6 is 11.6 Å². The summed E-state index contributed by atoms with van der Waals surface area (Å²) < 4.78 is 0. The monoisotopic (exact) mass is 297 g/mol. The molecule has 0 spiro atoms. The Balaban J connectivity index is 2.95. The first-order chi connectivity index (χ1) is 9.49. The zero-order valence-electron chi connectivity index (χ0n) is 11.7. The number of carbonyl (C=O) groups excluding carboxylic acids is 2. The molecule has 0 saturated heterocycles. The van der Waals surface area contributed by atoms with E-state index < -0.39 is 6.04 Å². The van der Waals surface area contributed by atoms with E-state index in [0.717, 1.165) is 6.42 Å². The van der Waals surface area contributed by atoms with Gasteiger partial charge >= 0.3 is 0 Å². The van der Waals surface area contributed by atoms with Gasteiger partial charge in [-0.1, -0.05) is 24.9 Å². The molecule has 2 amide bonds. The standard InChI is InChI=1S/C14H20ClN3O2/c1-3-5-11(16)14(20)18-12-8-9(15)6-7-10(12)13(19)17-4-2/h6-8,11H,3-5,16H2,1-2H3,(H,17,19)(H,18,20). The molecule has 4 N–H and O–H groups in total. The first-order valence-corrected chi connectivity index (χ1v) is 7.01. The zero-order valence-corrected chi connectivity index (χ0v) is 12.5. The van der Waals surface area contributed by atoms with Gasteiger partial charge in [-0.15, -0.1) is 0 Å². The molecule has 0 saturated carbocycles. The predicted octanol–water partition coefficient (Wildman–Crippen LogP) is 2.16. The van der Waals surface area contributed by atoms with Gasteiger partial charge in [-0.25, -0.2) is 0 Å². The Morgan fingerprint density at radius 1 is 1.35 bits per heavy atom. The molecule has 6 heteroatoms. The molecule has 0 aliphatic carbocycles. The highest BCUT2D eigenvalue weighted by Crippen LogP contribution is 2.21. The molecule has 1 atom stereocenters. The van der Waals surface area contributed by atoms with E-state index in [1.807, 2.05) is 13.8 Å². The van der Waals surface area contributed by atoms with Crippen molar-refractivity contribution in [3.05, 3.63) is 28.8 Å². The first kappa shape index (κ1) is 16.5. The Morgan fingerprint density at radius 2 is 2.05 bits per heavy atom. The first-order valence-electron chi connectivity index (χ1n) is 6.63. The number of hydrogen-bond donors (Lipinski definition) is 3. The second-order valence-corrected chi connectivity index (χ2v) is 4.87.